The standard InChI is InChI=1S/C11H13BrO2/c1-4-14-11-8(3)7(2)10(12)5-9(11)6-13/h5-6H,4H2,1-3H3. The number of ether oxygens (including phenoxy) is 1. The van der Waals surface area contributed by atoms with Gasteiger partial charge in [0, 0.05) is 4.47 Å². The minimum Gasteiger partial charge on any atom is -0.493 e. The molecule has 0 aliphatic rings. The third-order valence-corrected chi connectivity index (χ3v) is 3.05. The third kappa shape index (κ3) is 1.98. The van der Waals surface area contributed by atoms with Crippen molar-refractivity contribution < 1.29 is 9.53 Å². The lowest BCUT2D eigenvalue weighted by molar-refractivity contribution is 0.111. The number of carbonyl (C=O) groups is 1. The Morgan fingerprint density at radius 2 is 2.07 bits per heavy atom. The van der Waals surface area contributed by atoms with Crippen LogP contribution in [-0.4, -0.2) is 12.9 Å². The fourth-order valence-electron chi connectivity index (χ4n) is 1.30. The molecule has 0 fully saturated rings. The van der Waals surface area contributed by atoms with Crippen molar-refractivity contribution in [1.29, 1.82) is 0 Å². The van der Waals surface area contributed by atoms with Crippen molar-refractivity contribution >= 4 is 22.2 Å². The first kappa shape index (κ1) is 11.2. The molecule has 0 atom stereocenters. The van der Waals surface area contributed by atoms with Crippen molar-refractivity contribution in [2.75, 3.05) is 6.61 Å². The first-order valence-electron chi connectivity index (χ1n) is 4.49. The van der Waals surface area contributed by atoms with E-state index < -0.39 is 0 Å². The first-order valence-corrected chi connectivity index (χ1v) is 5.28. The number of aldehydes is 1. The van der Waals surface area contributed by atoms with Crippen LogP contribution in [0.15, 0.2) is 10.5 Å². The molecule has 14 heavy (non-hydrogen) atoms. The summed E-state index contributed by atoms with van der Waals surface area (Å²) in [5.41, 5.74) is 2.73. The normalized spacial score (nSPS) is 10.0. The van der Waals surface area contributed by atoms with Crippen molar-refractivity contribution in [3.63, 3.8) is 0 Å². The molecule has 0 N–H and O–H groups in total. The maximum absolute atomic E-state index is 10.8. The van der Waals surface area contributed by atoms with E-state index in [-0.39, 0.29) is 0 Å². The number of hydrogen-bond acceptors (Lipinski definition) is 2. The smallest absolute Gasteiger partial charge is 0.153 e. The van der Waals surface area contributed by atoms with Gasteiger partial charge in [-0.05, 0) is 38.0 Å². The lowest BCUT2D eigenvalue weighted by Crippen LogP contribution is -2.00. The molecule has 76 valence electrons. The van der Waals surface area contributed by atoms with Gasteiger partial charge in [-0.15, -0.1) is 0 Å². The number of halogens is 1. The monoisotopic (exact) mass is 256 g/mol. The zero-order chi connectivity index (χ0) is 10.7. The van der Waals surface area contributed by atoms with Crippen LogP contribution in [0.25, 0.3) is 0 Å². The van der Waals surface area contributed by atoms with E-state index in [1.807, 2.05) is 20.8 Å². The molecule has 0 saturated heterocycles. The van der Waals surface area contributed by atoms with Gasteiger partial charge in [0.05, 0.1) is 12.2 Å². The quantitative estimate of drug-likeness (QED) is 0.777. The lowest BCUT2D eigenvalue weighted by atomic mass is 10.1. The second-order valence-electron chi connectivity index (χ2n) is 3.08. The van der Waals surface area contributed by atoms with Crippen molar-refractivity contribution in [3.8, 4) is 5.75 Å². The molecule has 0 bridgehead atoms. The van der Waals surface area contributed by atoms with E-state index in [4.69, 9.17) is 4.74 Å². The fourth-order valence-corrected chi connectivity index (χ4v) is 1.84. The average molecular weight is 257 g/mol. The Bertz CT molecular complexity index is 359. The Labute approximate surface area is 92.4 Å². The van der Waals surface area contributed by atoms with E-state index in [1.54, 1.807) is 6.07 Å². The van der Waals surface area contributed by atoms with E-state index in [0.717, 1.165) is 21.9 Å². The summed E-state index contributed by atoms with van der Waals surface area (Å²) in [4.78, 5) is 10.8. The Balaban J connectivity index is 3.36. The Kier molecular flexibility index (Phi) is 3.69. The predicted molar refractivity (Wildman–Crippen MR) is 60.2 cm³/mol. The molecule has 0 aliphatic carbocycles. The van der Waals surface area contributed by atoms with Gasteiger partial charge in [0.1, 0.15) is 5.75 Å². The Morgan fingerprint density at radius 1 is 1.43 bits per heavy atom. The van der Waals surface area contributed by atoms with Crippen molar-refractivity contribution in [2.45, 2.75) is 20.8 Å². The minimum atomic E-state index is 0.572. The summed E-state index contributed by atoms with van der Waals surface area (Å²) >= 11 is 3.41. The van der Waals surface area contributed by atoms with Crippen LogP contribution in [0.2, 0.25) is 0 Å². The molecule has 1 rings (SSSR count). The summed E-state index contributed by atoms with van der Waals surface area (Å²) < 4.78 is 6.39. The van der Waals surface area contributed by atoms with E-state index in [0.29, 0.717) is 17.9 Å². The van der Waals surface area contributed by atoms with E-state index in [9.17, 15) is 4.79 Å². The first-order chi connectivity index (χ1) is 6.61. The van der Waals surface area contributed by atoms with Crippen LogP contribution in [0, 0.1) is 13.8 Å². The van der Waals surface area contributed by atoms with Gasteiger partial charge in [0.2, 0.25) is 0 Å². The fraction of sp³-hybridized carbons (Fsp3) is 0.364. The van der Waals surface area contributed by atoms with Crippen LogP contribution in [-0.2, 0) is 0 Å². The van der Waals surface area contributed by atoms with Crippen LogP contribution >= 0.6 is 15.9 Å². The Hall–Kier alpha value is -0.830. The summed E-state index contributed by atoms with van der Waals surface area (Å²) in [6.07, 6.45) is 0.822. The number of benzene rings is 1. The molecule has 0 aromatic heterocycles. The van der Waals surface area contributed by atoms with E-state index >= 15 is 0 Å². The molecule has 1 aromatic rings. The van der Waals surface area contributed by atoms with Gasteiger partial charge in [-0.1, -0.05) is 15.9 Å². The second-order valence-corrected chi connectivity index (χ2v) is 3.93. The topological polar surface area (TPSA) is 26.3 Å². The van der Waals surface area contributed by atoms with Crippen LogP contribution < -0.4 is 4.74 Å². The van der Waals surface area contributed by atoms with Gasteiger partial charge in [-0.25, -0.2) is 0 Å². The zero-order valence-corrected chi connectivity index (χ0v) is 10.1. The van der Waals surface area contributed by atoms with Crippen molar-refractivity contribution in [1.82, 2.24) is 0 Å². The summed E-state index contributed by atoms with van der Waals surface area (Å²) in [6, 6.07) is 1.79. The predicted octanol–water partition coefficient (Wildman–Crippen LogP) is 3.28. The van der Waals surface area contributed by atoms with Gasteiger partial charge in [0.15, 0.2) is 6.29 Å². The number of rotatable bonds is 3. The molecule has 0 saturated carbocycles. The van der Waals surface area contributed by atoms with Crippen molar-refractivity contribution in [3.05, 3.63) is 27.2 Å². The summed E-state index contributed by atoms with van der Waals surface area (Å²) in [5, 5.41) is 0. The minimum absolute atomic E-state index is 0.572. The number of carbonyl (C=O) groups excluding carboxylic acids is 1. The molecule has 0 aliphatic heterocycles. The summed E-state index contributed by atoms with van der Waals surface area (Å²) in [7, 11) is 0. The molecule has 0 amide bonds. The van der Waals surface area contributed by atoms with Gasteiger partial charge >= 0.3 is 0 Å². The van der Waals surface area contributed by atoms with Gasteiger partial charge in [0.25, 0.3) is 0 Å². The van der Waals surface area contributed by atoms with Gasteiger partial charge in [-0.3, -0.25) is 4.79 Å². The number of hydrogen-bond donors (Lipinski definition) is 0. The van der Waals surface area contributed by atoms with Crippen LogP contribution in [0.3, 0.4) is 0 Å². The van der Waals surface area contributed by atoms with E-state index in [1.165, 1.54) is 0 Å². The molecule has 1 aromatic carbocycles. The van der Waals surface area contributed by atoms with Gasteiger partial charge in [-0.2, -0.15) is 0 Å². The average Bonchev–Trinajstić information content (AvgIpc) is 2.19. The SMILES string of the molecule is CCOc1c(C=O)cc(Br)c(C)c1C. The highest BCUT2D eigenvalue weighted by Gasteiger charge is 2.11. The molecule has 2 nitrogen and oxygen atoms in total. The van der Waals surface area contributed by atoms with E-state index in [2.05, 4.69) is 15.9 Å². The molecular weight excluding hydrogens is 244 g/mol. The molecule has 0 unspecified atom stereocenters. The maximum Gasteiger partial charge on any atom is 0.153 e. The summed E-state index contributed by atoms with van der Waals surface area (Å²) in [5.74, 6) is 0.697. The molecule has 3 heteroatoms. The third-order valence-electron chi connectivity index (χ3n) is 2.22. The highest BCUT2D eigenvalue weighted by molar-refractivity contribution is 9.10. The van der Waals surface area contributed by atoms with Crippen LogP contribution in [0.1, 0.15) is 28.4 Å². The van der Waals surface area contributed by atoms with Crippen LogP contribution in [0.5, 0.6) is 5.75 Å². The van der Waals surface area contributed by atoms with Gasteiger partial charge < -0.3 is 4.74 Å². The molecule has 0 radical (unpaired) electrons. The molecule has 0 heterocycles. The summed E-state index contributed by atoms with van der Waals surface area (Å²) in [6.45, 7) is 6.43. The largest absolute Gasteiger partial charge is 0.493 e. The highest BCUT2D eigenvalue weighted by Crippen LogP contribution is 2.31. The second kappa shape index (κ2) is 4.60. The molecular formula is C11H13BrO2. The van der Waals surface area contributed by atoms with Crippen LogP contribution in [0.4, 0.5) is 0 Å². The maximum atomic E-state index is 10.8. The Morgan fingerprint density at radius 3 is 2.57 bits per heavy atom. The zero-order valence-electron chi connectivity index (χ0n) is 8.56. The lowest BCUT2D eigenvalue weighted by Gasteiger charge is -2.13. The van der Waals surface area contributed by atoms with Crippen molar-refractivity contribution in [2.24, 2.45) is 0 Å². The molecule has 0 spiro atoms. The highest BCUT2D eigenvalue weighted by atomic mass is 79.9.